The zero-order valence-electron chi connectivity index (χ0n) is 11.1. The van der Waals surface area contributed by atoms with Gasteiger partial charge in [0.25, 0.3) is 5.91 Å². The van der Waals surface area contributed by atoms with E-state index < -0.39 is 0 Å². The van der Waals surface area contributed by atoms with Crippen LogP contribution in [0, 0.1) is 0 Å². The smallest absolute Gasteiger partial charge is 0.254 e. The molecule has 0 radical (unpaired) electrons. The van der Waals surface area contributed by atoms with Crippen LogP contribution in [-0.4, -0.2) is 23.9 Å². The van der Waals surface area contributed by atoms with Crippen molar-refractivity contribution in [2.24, 2.45) is 0 Å². The fourth-order valence-corrected chi connectivity index (χ4v) is 3.75. The maximum absolute atomic E-state index is 12.4. The molecular formula is C16H16ClNOS. The summed E-state index contributed by atoms with van der Waals surface area (Å²) < 4.78 is 0. The highest BCUT2D eigenvalue weighted by Crippen LogP contribution is 2.33. The number of amides is 1. The molecule has 3 rings (SSSR count). The Morgan fingerprint density at radius 2 is 1.90 bits per heavy atom. The Morgan fingerprint density at radius 3 is 2.65 bits per heavy atom. The highest BCUT2D eigenvalue weighted by molar-refractivity contribution is 7.14. The zero-order chi connectivity index (χ0) is 13.9. The second-order valence-corrected chi connectivity index (χ2v) is 6.35. The summed E-state index contributed by atoms with van der Waals surface area (Å²) in [4.78, 5) is 15.4. The van der Waals surface area contributed by atoms with E-state index in [1.165, 1.54) is 6.42 Å². The lowest BCUT2D eigenvalue weighted by Gasteiger charge is -2.26. The Kier molecular flexibility index (Phi) is 4.08. The Morgan fingerprint density at radius 1 is 1.15 bits per heavy atom. The summed E-state index contributed by atoms with van der Waals surface area (Å²) in [5.41, 5.74) is 1.78. The van der Waals surface area contributed by atoms with Crippen molar-refractivity contribution >= 4 is 28.8 Å². The SMILES string of the molecule is O=C(c1csc(-c2ccccc2Cl)c1)N1CCCCC1. The Balaban J connectivity index is 1.83. The van der Waals surface area contributed by atoms with Gasteiger partial charge in [-0.1, -0.05) is 29.8 Å². The van der Waals surface area contributed by atoms with Crippen molar-refractivity contribution in [1.82, 2.24) is 4.90 Å². The largest absolute Gasteiger partial charge is 0.339 e. The molecule has 1 aromatic carbocycles. The number of carbonyl (C=O) groups excluding carboxylic acids is 1. The van der Waals surface area contributed by atoms with E-state index in [1.54, 1.807) is 11.3 Å². The minimum atomic E-state index is 0.152. The average molecular weight is 306 g/mol. The summed E-state index contributed by atoms with van der Waals surface area (Å²) >= 11 is 7.78. The van der Waals surface area contributed by atoms with Crippen LogP contribution in [0.25, 0.3) is 10.4 Å². The molecule has 1 saturated heterocycles. The molecule has 1 aliphatic rings. The normalized spacial score (nSPS) is 15.3. The molecule has 1 aromatic heterocycles. The molecule has 0 bridgehead atoms. The van der Waals surface area contributed by atoms with Gasteiger partial charge >= 0.3 is 0 Å². The summed E-state index contributed by atoms with van der Waals surface area (Å²) in [5, 5.41) is 2.67. The molecule has 104 valence electrons. The first-order chi connectivity index (χ1) is 9.75. The molecule has 0 spiro atoms. The Labute approximate surface area is 128 Å². The predicted octanol–water partition coefficient (Wildman–Crippen LogP) is 4.69. The molecule has 20 heavy (non-hydrogen) atoms. The molecule has 4 heteroatoms. The lowest BCUT2D eigenvalue weighted by Crippen LogP contribution is -2.35. The van der Waals surface area contributed by atoms with Gasteiger partial charge in [0.15, 0.2) is 0 Å². The van der Waals surface area contributed by atoms with E-state index in [0.29, 0.717) is 0 Å². The van der Waals surface area contributed by atoms with Crippen LogP contribution in [0.3, 0.4) is 0 Å². The van der Waals surface area contributed by atoms with Crippen LogP contribution in [0.5, 0.6) is 0 Å². The summed E-state index contributed by atoms with van der Waals surface area (Å²) in [6.07, 6.45) is 3.47. The Bertz CT molecular complexity index is 616. The topological polar surface area (TPSA) is 20.3 Å². The van der Waals surface area contributed by atoms with Gasteiger partial charge in [-0.25, -0.2) is 0 Å². The number of hydrogen-bond acceptors (Lipinski definition) is 2. The molecule has 2 nitrogen and oxygen atoms in total. The molecule has 1 amide bonds. The predicted molar refractivity (Wildman–Crippen MR) is 84.5 cm³/mol. The van der Waals surface area contributed by atoms with Gasteiger partial charge < -0.3 is 4.90 Å². The molecule has 1 aliphatic heterocycles. The number of benzene rings is 1. The fraction of sp³-hybridized carbons (Fsp3) is 0.312. The molecule has 0 unspecified atom stereocenters. The van der Waals surface area contributed by atoms with Crippen molar-refractivity contribution in [3.63, 3.8) is 0 Å². The number of carbonyl (C=O) groups is 1. The first-order valence-corrected chi connectivity index (χ1v) is 8.14. The minimum absolute atomic E-state index is 0.152. The molecule has 2 heterocycles. The summed E-state index contributed by atoms with van der Waals surface area (Å²) in [6.45, 7) is 1.77. The van der Waals surface area contributed by atoms with E-state index in [-0.39, 0.29) is 5.91 Å². The van der Waals surface area contributed by atoms with Crippen molar-refractivity contribution < 1.29 is 4.79 Å². The third-order valence-corrected chi connectivity index (χ3v) is 4.92. The molecule has 0 atom stereocenters. The lowest BCUT2D eigenvalue weighted by atomic mass is 10.1. The third kappa shape index (κ3) is 2.74. The van der Waals surface area contributed by atoms with Gasteiger partial charge in [-0.15, -0.1) is 11.3 Å². The maximum Gasteiger partial charge on any atom is 0.254 e. The second kappa shape index (κ2) is 5.98. The van der Waals surface area contributed by atoms with Crippen LogP contribution >= 0.6 is 22.9 Å². The average Bonchev–Trinajstić information content (AvgIpc) is 2.97. The van der Waals surface area contributed by atoms with Gasteiger partial charge in [-0.2, -0.15) is 0 Å². The van der Waals surface area contributed by atoms with Crippen molar-refractivity contribution in [1.29, 1.82) is 0 Å². The van der Waals surface area contributed by atoms with Gasteiger partial charge in [-0.05, 0) is 31.4 Å². The number of thiophene rings is 1. The second-order valence-electron chi connectivity index (χ2n) is 5.03. The van der Waals surface area contributed by atoms with Crippen LogP contribution in [-0.2, 0) is 0 Å². The fourth-order valence-electron chi connectivity index (χ4n) is 2.53. The first kappa shape index (κ1) is 13.7. The van der Waals surface area contributed by atoms with Crippen molar-refractivity contribution in [3.05, 3.63) is 46.3 Å². The van der Waals surface area contributed by atoms with Crippen LogP contribution in [0.2, 0.25) is 5.02 Å². The number of nitrogens with zero attached hydrogens (tertiary/aromatic N) is 1. The van der Waals surface area contributed by atoms with Gasteiger partial charge in [-0.3, -0.25) is 4.79 Å². The number of halogens is 1. The van der Waals surface area contributed by atoms with Crippen molar-refractivity contribution in [2.45, 2.75) is 19.3 Å². The number of hydrogen-bond donors (Lipinski definition) is 0. The maximum atomic E-state index is 12.4. The Hall–Kier alpha value is -1.32. The summed E-state index contributed by atoms with van der Waals surface area (Å²) in [7, 11) is 0. The van der Waals surface area contributed by atoms with Crippen LogP contribution in [0.1, 0.15) is 29.6 Å². The molecule has 1 fully saturated rings. The van der Waals surface area contributed by atoms with Crippen LogP contribution in [0.4, 0.5) is 0 Å². The zero-order valence-corrected chi connectivity index (χ0v) is 12.7. The highest BCUT2D eigenvalue weighted by atomic mass is 35.5. The lowest BCUT2D eigenvalue weighted by molar-refractivity contribution is 0.0725. The molecule has 0 N–H and O–H groups in total. The first-order valence-electron chi connectivity index (χ1n) is 6.88. The summed E-state index contributed by atoms with van der Waals surface area (Å²) in [6, 6.07) is 9.71. The van der Waals surface area contributed by atoms with Crippen LogP contribution in [0.15, 0.2) is 35.7 Å². The monoisotopic (exact) mass is 305 g/mol. The molecule has 0 aliphatic carbocycles. The molecular weight excluding hydrogens is 290 g/mol. The molecule has 0 saturated carbocycles. The van der Waals surface area contributed by atoms with Crippen LogP contribution < -0.4 is 0 Å². The van der Waals surface area contributed by atoms with E-state index in [4.69, 9.17) is 11.6 Å². The van der Waals surface area contributed by atoms with E-state index in [1.807, 2.05) is 40.6 Å². The third-order valence-electron chi connectivity index (χ3n) is 3.63. The van der Waals surface area contributed by atoms with Gasteiger partial charge in [0.05, 0.1) is 5.56 Å². The van der Waals surface area contributed by atoms with E-state index >= 15 is 0 Å². The van der Waals surface area contributed by atoms with Gasteiger partial charge in [0, 0.05) is 33.9 Å². The number of piperidine rings is 1. The van der Waals surface area contributed by atoms with E-state index in [9.17, 15) is 4.79 Å². The standard InChI is InChI=1S/C16H16ClNOS/c17-14-7-3-2-6-13(14)15-10-12(11-20-15)16(19)18-8-4-1-5-9-18/h2-3,6-7,10-11H,1,4-5,8-9H2. The minimum Gasteiger partial charge on any atom is -0.339 e. The number of rotatable bonds is 2. The van der Waals surface area contributed by atoms with Gasteiger partial charge in [0.1, 0.15) is 0 Å². The highest BCUT2D eigenvalue weighted by Gasteiger charge is 2.19. The molecule has 2 aromatic rings. The quantitative estimate of drug-likeness (QED) is 0.788. The van der Waals surface area contributed by atoms with E-state index in [0.717, 1.165) is 47.0 Å². The van der Waals surface area contributed by atoms with Crippen molar-refractivity contribution in [2.75, 3.05) is 13.1 Å². The van der Waals surface area contributed by atoms with Gasteiger partial charge in [0.2, 0.25) is 0 Å². The number of likely N-dealkylation sites (tertiary alicyclic amines) is 1. The van der Waals surface area contributed by atoms with E-state index in [2.05, 4.69) is 0 Å². The summed E-state index contributed by atoms with van der Waals surface area (Å²) in [5.74, 6) is 0.152. The van der Waals surface area contributed by atoms with Crippen molar-refractivity contribution in [3.8, 4) is 10.4 Å².